The second kappa shape index (κ2) is 7.04. The summed E-state index contributed by atoms with van der Waals surface area (Å²) in [6, 6.07) is 9.81. The average Bonchev–Trinajstić information content (AvgIpc) is 2.54. The number of ether oxygens (including phenoxy) is 2. The first-order valence-corrected chi connectivity index (χ1v) is 6.62. The molecule has 1 N–H and O–H groups in total. The molecule has 0 fully saturated rings. The number of hydrazone groups is 1. The number of nitrogens with zero attached hydrogens (tertiary/aromatic N) is 1. The Morgan fingerprint density at radius 3 is 2.26 bits per heavy atom. The van der Waals surface area contributed by atoms with E-state index in [0.29, 0.717) is 22.7 Å². The topological polar surface area (TPSA) is 42.9 Å². The smallest absolute Gasteiger partial charge is 0.416 e. The van der Waals surface area contributed by atoms with Gasteiger partial charge >= 0.3 is 6.18 Å². The SMILES string of the molecule is COc1ccc(OC)c(/C=N/Nc2ccc(C(F)(F)F)cc2)c1. The molecule has 0 aliphatic heterocycles. The number of benzene rings is 2. The van der Waals surface area contributed by atoms with Crippen molar-refractivity contribution in [2.24, 2.45) is 5.10 Å². The average molecular weight is 324 g/mol. The van der Waals surface area contributed by atoms with E-state index in [1.165, 1.54) is 25.5 Å². The molecule has 2 aromatic carbocycles. The van der Waals surface area contributed by atoms with Gasteiger partial charge in [0.2, 0.25) is 0 Å². The molecule has 0 heterocycles. The molecule has 0 aromatic heterocycles. The third-order valence-corrected chi connectivity index (χ3v) is 3.05. The van der Waals surface area contributed by atoms with Gasteiger partial charge < -0.3 is 9.47 Å². The van der Waals surface area contributed by atoms with Gasteiger partial charge in [0.15, 0.2) is 0 Å². The van der Waals surface area contributed by atoms with Crippen LogP contribution in [-0.4, -0.2) is 20.4 Å². The summed E-state index contributed by atoms with van der Waals surface area (Å²) in [5.74, 6) is 1.24. The van der Waals surface area contributed by atoms with Crippen molar-refractivity contribution < 1.29 is 22.6 Å². The van der Waals surface area contributed by atoms with E-state index in [1.807, 2.05) is 0 Å². The summed E-state index contributed by atoms with van der Waals surface area (Å²) < 4.78 is 47.7. The van der Waals surface area contributed by atoms with Crippen LogP contribution in [0.1, 0.15) is 11.1 Å². The van der Waals surface area contributed by atoms with Crippen molar-refractivity contribution >= 4 is 11.9 Å². The first kappa shape index (κ1) is 16.7. The van der Waals surface area contributed by atoms with Crippen LogP contribution in [0.5, 0.6) is 11.5 Å². The first-order chi connectivity index (χ1) is 10.9. The van der Waals surface area contributed by atoms with Gasteiger partial charge in [-0.3, -0.25) is 5.43 Å². The van der Waals surface area contributed by atoms with Crippen molar-refractivity contribution in [2.45, 2.75) is 6.18 Å². The van der Waals surface area contributed by atoms with Gasteiger partial charge in [-0.25, -0.2) is 0 Å². The van der Waals surface area contributed by atoms with Crippen LogP contribution in [0.2, 0.25) is 0 Å². The monoisotopic (exact) mass is 324 g/mol. The van der Waals surface area contributed by atoms with Gasteiger partial charge in [0.1, 0.15) is 11.5 Å². The fourth-order valence-electron chi connectivity index (χ4n) is 1.85. The molecule has 0 atom stereocenters. The minimum absolute atomic E-state index is 0.441. The summed E-state index contributed by atoms with van der Waals surface area (Å²) in [5.41, 5.74) is 3.07. The van der Waals surface area contributed by atoms with E-state index < -0.39 is 11.7 Å². The zero-order chi connectivity index (χ0) is 16.9. The molecule has 23 heavy (non-hydrogen) atoms. The van der Waals surface area contributed by atoms with Crippen molar-refractivity contribution in [1.29, 1.82) is 0 Å². The van der Waals surface area contributed by atoms with Crippen molar-refractivity contribution in [3.63, 3.8) is 0 Å². The van der Waals surface area contributed by atoms with Crippen LogP contribution in [0.4, 0.5) is 18.9 Å². The lowest BCUT2D eigenvalue weighted by atomic mass is 10.2. The molecule has 0 aliphatic carbocycles. The fraction of sp³-hybridized carbons (Fsp3) is 0.188. The molecule has 0 saturated heterocycles. The number of anilines is 1. The number of nitrogens with one attached hydrogen (secondary N) is 1. The Kier molecular flexibility index (Phi) is 5.10. The number of hydrogen-bond donors (Lipinski definition) is 1. The first-order valence-electron chi connectivity index (χ1n) is 6.62. The number of methoxy groups -OCH3 is 2. The molecule has 0 amide bonds. The van der Waals surface area contributed by atoms with Crippen LogP contribution in [0.3, 0.4) is 0 Å². The second-order valence-electron chi connectivity index (χ2n) is 4.55. The number of hydrogen-bond acceptors (Lipinski definition) is 4. The van der Waals surface area contributed by atoms with Gasteiger partial charge in [0.05, 0.1) is 31.7 Å². The van der Waals surface area contributed by atoms with Gasteiger partial charge in [-0.05, 0) is 42.5 Å². The Morgan fingerprint density at radius 1 is 1.00 bits per heavy atom. The van der Waals surface area contributed by atoms with Gasteiger partial charge in [0.25, 0.3) is 0 Å². The van der Waals surface area contributed by atoms with Crippen molar-refractivity contribution in [1.82, 2.24) is 0 Å². The highest BCUT2D eigenvalue weighted by Crippen LogP contribution is 2.29. The maximum absolute atomic E-state index is 12.5. The molecule has 0 spiro atoms. The summed E-state index contributed by atoms with van der Waals surface area (Å²) in [6.45, 7) is 0. The summed E-state index contributed by atoms with van der Waals surface area (Å²) >= 11 is 0. The molecule has 0 unspecified atom stereocenters. The van der Waals surface area contributed by atoms with Crippen molar-refractivity contribution in [3.05, 3.63) is 53.6 Å². The normalized spacial score (nSPS) is 11.5. The summed E-state index contributed by atoms with van der Waals surface area (Å²) in [7, 11) is 3.08. The highest BCUT2D eigenvalue weighted by atomic mass is 19.4. The molecular weight excluding hydrogens is 309 g/mol. The van der Waals surface area contributed by atoms with Crippen molar-refractivity contribution in [2.75, 3.05) is 19.6 Å². The zero-order valence-electron chi connectivity index (χ0n) is 12.5. The van der Waals surface area contributed by atoms with Crippen LogP contribution >= 0.6 is 0 Å². The maximum atomic E-state index is 12.5. The Bertz CT molecular complexity index is 683. The summed E-state index contributed by atoms with van der Waals surface area (Å²) in [5, 5.41) is 4.00. The highest BCUT2D eigenvalue weighted by Gasteiger charge is 2.29. The van der Waals surface area contributed by atoms with Crippen LogP contribution in [0, 0.1) is 0 Å². The van der Waals surface area contributed by atoms with Gasteiger partial charge in [-0.15, -0.1) is 0 Å². The molecule has 2 aromatic rings. The Balaban J connectivity index is 2.10. The van der Waals surface area contributed by atoms with Crippen LogP contribution in [-0.2, 0) is 6.18 Å². The molecule has 7 heteroatoms. The van der Waals surface area contributed by atoms with E-state index in [4.69, 9.17) is 9.47 Å². The molecule has 0 aliphatic rings. The van der Waals surface area contributed by atoms with E-state index in [0.717, 1.165) is 12.1 Å². The zero-order valence-corrected chi connectivity index (χ0v) is 12.5. The fourth-order valence-corrected chi connectivity index (χ4v) is 1.85. The molecule has 0 saturated carbocycles. The van der Waals surface area contributed by atoms with Crippen molar-refractivity contribution in [3.8, 4) is 11.5 Å². The van der Waals surface area contributed by atoms with E-state index in [9.17, 15) is 13.2 Å². The maximum Gasteiger partial charge on any atom is 0.416 e. The molecule has 2 rings (SSSR count). The van der Waals surface area contributed by atoms with E-state index in [1.54, 1.807) is 25.3 Å². The second-order valence-corrected chi connectivity index (χ2v) is 4.55. The Hall–Kier alpha value is -2.70. The molecule has 0 radical (unpaired) electrons. The minimum Gasteiger partial charge on any atom is -0.497 e. The number of halogens is 3. The molecule has 4 nitrogen and oxygen atoms in total. The lowest BCUT2D eigenvalue weighted by Gasteiger charge is -2.08. The predicted octanol–water partition coefficient (Wildman–Crippen LogP) is 4.17. The largest absolute Gasteiger partial charge is 0.497 e. The lowest BCUT2D eigenvalue weighted by Crippen LogP contribution is -2.04. The third-order valence-electron chi connectivity index (χ3n) is 3.05. The van der Waals surface area contributed by atoms with E-state index in [-0.39, 0.29) is 0 Å². The minimum atomic E-state index is -4.35. The van der Waals surface area contributed by atoms with Crippen LogP contribution in [0.25, 0.3) is 0 Å². The molecular formula is C16H15F3N2O2. The van der Waals surface area contributed by atoms with Gasteiger partial charge in [-0.2, -0.15) is 18.3 Å². The van der Waals surface area contributed by atoms with E-state index in [2.05, 4.69) is 10.5 Å². The Labute approximate surface area is 131 Å². The van der Waals surface area contributed by atoms with Gasteiger partial charge in [-0.1, -0.05) is 0 Å². The van der Waals surface area contributed by atoms with E-state index >= 15 is 0 Å². The lowest BCUT2D eigenvalue weighted by molar-refractivity contribution is -0.137. The molecule has 0 bridgehead atoms. The summed E-state index contributed by atoms with van der Waals surface area (Å²) in [4.78, 5) is 0. The predicted molar refractivity (Wildman–Crippen MR) is 82.2 cm³/mol. The Morgan fingerprint density at radius 2 is 1.70 bits per heavy atom. The quantitative estimate of drug-likeness (QED) is 0.663. The summed E-state index contributed by atoms with van der Waals surface area (Å²) in [6.07, 6.45) is -2.85. The molecule has 122 valence electrons. The highest BCUT2D eigenvalue weighted by molar-refractivity contribution is 5.84. The number of alkyl halides is 3. The number of rotatable bonds is 5. The standard InChI is InChI=1S/C16H15F3N2O2/c1-22-14-7-8-15(23-2)11(9-14)10-20-21-13-5-3-12(4-6-13)16(17,18)19/h3-10,21H,1-2H3/b20-10+. The van der Waals surface area contributed by atoms with Gasteiger partial charge in [0, 0.05) is 5.56 Å². The third kappa shape index (κ3) is 4.38. The van der Waals surface area contributed by atoms with Crippen LogP contribution in [0.15, 0.2) is 47.6 Å². The van der Waals surface area contributed by atoms with Crippen LogP contribution < -0.4 is 14.9 Å².